The fourth-order valence-electron chi connectivity index (χ4n) is 1.72. The molecule has 108 valence electrons. The summed E-state index contributed by atoms with van der Waals surface area (Å²) >= 11 is 8.74. The van der Waals surface area contributed by atoms with Crippen LogP contribution in [-0.2, 0) is 11.2 Å². The van der Waals surface area contributed by atoms with Crippen LogP contribution in [0.2, 0.25) is 4.34 Å². The number of hydrogen-bond acceptors (Lipinski definition) is 6. The Morgan fingerprint density at radius 1 is 1.50 bits per heavy atom. The number of aryl methyl sites for hydroxylation is 1. The standard InChI is InChI=1S/C13H15ClN2O2S2/c1-3-18-13(17)11-8(2)16-20-12(11)15-7-6-9-4-5-10(14)19-9/h4-5,15H,3,6-7H2,1-2H3. The van der Waals surface area contributed by atoms with Gasteiger partial charge in [-0.2, -0.15) is 4.37 Å². The lowest BCUT2D eigenvalue weighted by molar-refractivity contribution is 0.0527. The lowest BCUT2D eigenvalue weighted by Crippen LogP contribution is -2.10. The summed E-state index contributed by atoms with van der Waals surface area (Å²) in [6.45, 7) is 4.69. The normalized spacial score (nSPS) is 10.6. The lowest BCUT2D eigenvalue weighted by atomic mass is 10.2. The second-order valence-electron chi connectivity index (χ2n) is 4.08. The number of thiophene rings is 1. The van der Waals surface area contributed by atoms with Gasteiger partial charge in [-0.05, 0) is 43.9 Å². The van der Waals surface area contributed by atoms with Crippen LogP contribution >= 0.6 is 34.5 Å². The van der Waals surface area contributed by atoms with E-state index in [1.807, 2.05) is 19.1 Å². The molecular formula is C13H15ClN2O2S2. The molecule has 0 aromatic carbocycles. The molecule has 0 aliphatic carbocycles. The molecule has 0 bridgehead atoms. The molecular weight excluding hydrogens is 316 g/mol. The van der Waals surface area contributed by atoms with Gasteiger partial charge in [0, 0.05) is 11.4 Å². The quantitative estimate of drug-likeness (QED) is 0.813. The SMILES string of the molecule is CCOC(=O)c1c(C)nsc1NCCc1ccc(Cl)s1. The molecule has 1 N–H and O–H groups in total. The molecule has 0 aliphatic heterocycles. The maximum absolute atomic E-state index is 11.9. The van der Waals surface area contributed by atoms with Gasteiger partial charge >= 0.3 is 5.97 Å². The molecule has 2 aromatic heterocycles. The molecule has 0 unspecified atom stereocenters. The Hall–Kier alpha value is -1.11. The molecule has 0 fully saturated rings. The summed E-state index contributed by atoms with van der Waals surface area (Å²) < 4.78 is 10.0. The first-order chi connectivity index (χ1) is 9.61. The van der Waals surface area contributed by atoms with Gasteiger partial charge in [-0.3, -0.25) is 0 Å². The van der Waals surface area contributed by atoms with E-state index < -0.39 is 0 Å². The Bertz CT molecular complexity index is 595. The zero-order valence-corrected chi connectivity index (χ0v) is 13.6. The highest BCUT2D eigenvalue weighted by Gasteiger charge is 2.19. The van der Waals surface area contributed by atoms with E-state index in [1.54, 1.807) is 18.3 Å². The van der Waals surface area contributed by atoms with E-state index in [0.717, 1.165) is 22.3 Å². The fraction of sp³-hybridized carbons (Fsp3) is 0.385. The van der Waals surface area contributed by atoms with Crippen molar-refractivity contribution in [2.45, 2.75) is 20.3 Å². The number of esters is 1. The number of halogens is 1. The van der Waals surface area contributed by atoms with Crippen molar-refractivity contribution in [3.05, 3.63) is 32.6 Å². The van der Waals surface area contributed by atoms with Crippen molar-refractivity contribution < 1.29 is 9.53 Å². The molecule has 2 aromatic rings. The van der Waals surface area contributed by atoms with Gasteiger partial charge in [0.15, 0.2) is 0 Å². The number of anilines is 1. The van der Waals surface area contributed by atoms with Crippen LogP contribution in [0.1, 0.15) is 27.9 Å². The fourth-order valence-corrected chi connectivity index (χ4v) is 3.61. The van der Waals surface area contributed by atoms with Crippen LogP contribution in [0.5, 0.6) is 0 Å². The largest absolute Gasteiger partial charge is 0.462 e. The highest BCUT2D eigenvalue weighted by atomic mass is 35.5. The molecule has 0 spiro atoms. The number of carbonyl (C=O) groups excluding carboxylic acids is 1. The smallest absolute Gasteiger partial charge is 0.343 e. The molecule has 2 rings (SSSR count). The Morgan fingerprint density at radius 2 is 2.30 bits per heavy atom. The summed E-state index contributed by atoms with van der Waals surface area (Å²) in [5.74, 6) is -0.319. The second kappa shape index (κ2) is 7.06. The van der Waals surface area contributed by atoms with Crippen LogP contribution in [0.25, 0.3) is 0 Å². The van der Waals surface area contributed by atoms with Crippen LogP contribution in [0.3, 0.4) is 0 Å². The Morgan fingerprint density at radius 3 is 2.95 bits per heavy atom. The van der Waals surface area contributed by atoms with Gasteiger partial charge in [-0.25, -0.2) is 4.79 Å². The zero-order chi connectivity index (χ0) is 14.5. The van der Waals surface area contributed by atoms with Gasteiger partial charge in [0.1, 0.15) is 10.6 Å². The topological polar surface area (TPSA) is 51.2 Å². The number of ether oxygens (including phenoxy) is 1. The summed E-state index contributed by atoms with van der Waals surface area (Å²) in [4.78, 5) is 13.1. The van der Waals surface area contributed by atoms with Gasteiger partial charge in [0.05, 0.1) is 16.6 Å². The number of nitrogens with one attached hydrogen (secondary N) is 1. The number of rotatable bonds is 6. The van der Waals surface area contributed by atoms with Gasteiger partial charge in [-0.1, -0.05) is 11.6 Å². The maximum Gasteiger partial charge on any atom is 0.343 e. The summed E-state index contributed by atoms with van der Waals surface area (Å²) in [6.07, 6.45) is 0.858. The highest BCUT2D eigenvalue weighted by molar-refractivity contribution is 7.16. The summed E-state index contributed by atoms with van der Waals surface area (Å²) in [6, 6.07) is 3.90. The first kappa shape index (κ1) is 15.3. The van der Waals surface area contributed by atoms with Crippen LogP contribution < -0.4 is 5.32 Å². The van der Waals surface area contributed by atoms with Crippen molar-refractivity contribution in [1.29, 1.82) is 0 Å². The Kier molecular flexibility index (Phi) is 5.39. The number of nitrogens with zero attached hydrogens (tertiary/aromatic N) is 1. The average Bonchev–Trinajstić information content (AvgIpc) is 2.97. The minimum absolute atomic E-state index is 0.319. The highest BCUT2D eigenvalue weighted by Crippen LogP contribution is 2.26. The van der Waals surface area contributed by atoms with Crippen molar-refractivity contribution in [2.75, 3.05) is 18.5 Å². The lowest BCUT2D eigenvalue weighted by Gasteiger charge is -2.06. The van der Waals surface area contributed by atoms with Crippen molar-refractivity contribution in [3.8, 4) is 0 Å². The Labute approximate surface area is 130 Å². The molecule has 0 aliphatic rings. The van der Waals surface area contributed by atoms with Crippen molar-refractivity contribution in [1.82, 2.24) is 4.37 Å². The van der Waals surface area contributed by atoms with Gasteiger partial charge in [0.25, 0.3) is 0 Å². The average molecular weight is 331 g/mol. The third-order valence-electron chi connectivity index (χ3n) is 2.63. The van der Waals surface area contributed by atoms with Crippen LogP contribution in [-0.4, -0.2) is 23.5 Å². The van der Waals surface area contributed by atoms with Gasteiger partial charge in [-0.15, -0.1) is 11.3 Å². The predicted molar refractivity (Wildman–Crippen MR) is 84.3 cm³/mol. The minimum atomic E-state index is -0.319. The molecule has 0 saturated carbocycles. The minimum Gasteiger partial charge on any atom is -0.462 e. The zero-order valence-electron chi connectivity index (χ0n) is 11.2. The van der Waals surface area contributed by atoms with E-state index >= 15 is 0 Å². The maximum atomic E-state index is 11.9. The monoisotopic (exact) mass is 330 g/mol. The molecule has 0 atom stereocenters. The van der Waals surface area contributed by atoms with Crippen LogP contribution in [0, 0.1) is 6.92 Å². The van der Waals surface area contributed by atoms with E-state index in [9.17, 15) is 4.79 Å². The molecule has 0 radical (unpaired) electrons. The van der Waals surface area contributed by atoms with E-state index in [0.29, 0.717) is 17.9 Å². The number of hydrogen-bond donors (Lipinski definition) is 1. The number of carbonyl (C=O) groups is 1. The second-order valence-corrected chi connectivity index (χ2v) is 6.65. The molecule has 7 heteroatoms. The summed E-state index contributed by atoms with van der Waals surface area (Å²) in [5, 5.41) is 4.02. The van der Waals surface area contributed by atoms with E-state index in [1.165, 1.54) is 16.4 Å². The van der Waals surface area contributed by atoms with E-state index in [-0.39, 0.29) is 5.97 Å². The van der Waals surface area contributed by atoms with Crippen LogP contribution in [0.4, 0.5) is 5.00 Å². The first-order valence-corrected chi connectivity index (χ1v) is 8.20. The van der Waals surface area contributed by atoms with Gasteiger partial charge < -0.3 is 10.1 Å². The van der Waals surface area contributed by atoms with E-state index in [4.69, 9.17) is 16.3 Å². The Balaban J connectivity index is 1.97. The predicted octanol–water partition coefficient (Wildman–Crippen LogP) is 4.00. The third-order valence-corrected chi connectivity index (χ3v) is 4.82. The van der Waals surface area contributed by atoms with Crippen molar-refractivity contribution in [3.63, 3.8) is 0 Å². The van der Waals surface area contributed by atoms with Crippen molar-refractivity contribution >= 4 is 45.4 Å². The number of aromatic nitrogens is 1. The summed E-state index contributed by atoms with van der Waals surface area (Å²) in [7, 11) is 0. The van der Waals surface area contributed by atoms with E-state index in [2.05, 4.69) is 9.69 Å². The summed E-state index contributed by atoms with van der Waals surface area (Å²) in [5.41, 5.74) is 1.25. The molecule has 20 heavy (non-hydrogen) atoms. The van der Waals surface area contributed by atoms with Crippen molar-refractivity contribution in [2.24, 2.45) is 0 Å². The van der Waals surface area contributed by atoms with Gasteiger partial charge in [0.2, 0.25) is 0 Å². The molecule has 2 heterocycles. The molecule has 0 saturated heterocycles. The first-order valence-electron chi connectivity index (χ1n) is 6.23. The molecule has 0 amide bonds. The third kappa shape index (κ3) is 3.71. The van der Waals surface area contributed by atoms with Crippen LogP contribution in [0.15, 0.2) is 12.1 Å². The molecule has 4 nitrogen and oxygen atoms in total.